The molecule has 8 heavy (non-hydrogen) atoms. The third-order valence-electron chi connectivity index (χ3n) is 0.858. The summed E-state index contributed by atoms with van der Waals surface area (Å²) in [6.45, 7) is 2.15. The van der Waals surface area contributed by atoms with Gasteiger partial charge in [-0.25, -0.2) is 0 Å². The molecular formula is C5H6S3. The summed E-state index contributed by atoms with van der Waals surface area (Å²) in [5.74, 6) is 0. The smallest absolute Gasteiger partial charge is 0.0837 e. The number of hydrogen-bond acceptors (Lipinski definition) is 3. The van der Waals surface area contributed by atoms with E-state index in [1.807, 2.05) is 0 Å². The highest BCUT2D eigenvalue weighted by Gasteiger charge is 1.88. The molecule has 44 valence electrons. The van der Waals surface area contributed by atoms with Gasteiger partial charge in [0.2, 0.25) is 0 Å². The van der Waals surface area contributed by atoms with Gasteiger partial charge in [0, 0.05) is 4.88 Å². The van der Waals surface area contributed by atoms with Crippen molar-refractivity contribution in [1.29, 1.82) is 0 Å². The lowest BCUT2D eigenvalue weighted by molar-refractivity contribution is 1.19. The molecular weight excluding hydrogens is 156 g/mol. The Bertz CT molecular complexity index is 207. The van der Waals surface area contributed by atoms with Crippen LogP contribution < -0.4 is 0 Å². The van der Waals surface area contributed by atoms with Gasteiger partial charge in [-0.15, -0.1) is 0 Å². The molecule has 3 heteroatoms. The highest BCUT2D eigenvalue weighted by molar-refractivity contribution is 7.79. The van der Waals surface area contributed by atoms with Crippen molar-refractivity contribution in [2.75, 3.05) is 0 Å². The molecule has 1 aromatic rings. The Hall–Kier alpha value is 0.270. The fourth-order valence-corrected chi connectivity index (χ4v) is 2.91. The lowest BCUT2D eigenvalue weighted by Crippen LogP contribution is -1.63. The van der Waals surface area contributed by atoms with Crippen LogP contribution in [0.1, 0.15) is 11.8 Å². The molecule has 0 unspecified atom stereocenters. The van der Waals surface area contributed by atoms with Gasteiger partial charge in [0.1, 0.15) is 3.82 Å². The Morgan fingerprint density at radius 3 is 2.62 bits per heavy atom. The SMILES string of the molecule is CCc1cc(=S)ss1. The summed E-state index contributed by atoms with van der Waals surface area (Å²) in [7, 11) is 3.47. The molecule has 0 atom stereocenters. The van der Waals surface area contributed by atoms with Crippen LogP contribution in [-0.4, -0.2) is 0 Å². The fraction of sp³-hybridized carbons (Fsp3) is 0.400. The second kappa shape index (κ2) is 2.71. The summed E-state index contributed by atoms with van der Waals surface area (Å²) in [5, 5.41) is 0. The van der Waals surface area contributed by atoms with Crippen LogP contribution in [0, 0.1) is 3.82 Å². The van der Waals surface area contributed by atoms with Crippen LogP contribution in [0.3, 0.4) is 0 Å². The molecule has 0 spiro atoms. The number of aryl methyl sites for hydroxylation is 1. The van der Waals surface area contributed by atoms with Crippen molar-refractivity contribution in [1.82, 2.24) is 0 Å². The van der Waals surface area contributed by atoms with E-state index in [0.29, 0.717) is 0 Å². The fourth-order valence-electron chi connectivity index (χ4n) is 0.435. The number of hydrogen-bond donors (Lipinski definition) is 0. The van der Waals surface area contributed by atoms with Gasteiger partial charge < -0.3 is 0 Å². The second-order valence-electron chi connectivity index (χ2n) is 1.45. The molecule has 0 aliphatic carbocycles. The van der Waals surface area contributed by atoms with Crippen LogP contribution in [0.15, 0.2) is 6.07 Å². The summed E-state index contributed by atoms with van der Waals surface area (Å²) < 4.78 is 1.02. The first kappa shape index (κ1) is 6.39. The quantitative estimate of drug-likeness (QED) is 0.451. The molecule has 0 bridgehead atoms. The molecule has 0 aliphatic rings. The highest BCUT2D eigenvalue weighted by atomic mass is 32.9. The van der Waals surface area contributed by atoms with Crippen LogP contribution >= 0.6 is 32.9 Å². The first-order chi connectivity index (χ1) is 3.83. The van der Waals surface area contributed by atoms with Gasteiger partial charge in [0.15, 0.2) is 0 Å². The summed E-state index contributed by atoms with van der Waals surface area (Å²) in [6.07, 6.45) is 1.12. The van der Waals surface area contributed by atoms with E-state index in [0.717, 1.165) is 10.2 Å². The van der Waals surface area contributed by atoms with Gasteiger partial charge in [0.05, 0.1) is 0 Å². The Labute approximate surface area is 61.2 Å². The topological polar surface area (TPSA) is 0 Å². The highest BCUT2D eigenvalue weighted by Crippen LogP contribution is 2.17. The minimum Gasteiger partial charge on any atom is -0.0837 e. The molecule has 0 saturated heterocycles. The molecule has 0 nitrogen and oxygen atoms in total. The Balaban J connectivity index is 3.01. The largest absolute Gasteiger partial charge is 0.102 e. The minimum absolute atomic E-state index is 1.02. The van der Waals surface area contributed by atoms with Crippen molar-refractivity contribution >= 4 is 32.9 Å². The average molecular weight is 162 g/mol. The van der Waals surface area contributed by atoms with Crippen LogP contribution in [0.4, 0.5) is 0 Å². The zero-order chi connectivity index (χ0) is 5.98. The van der Waals surface area contributed by atoms with Crippen molar-refractivity contribution in [2.24, 2.45) is 0 Å². The van der Waals surface area contributed by atoms with E-state index in [9.17, 15) is 0 Å². The van der Waals surface area contributed by atoms with Gasteiger partial charge >= 0.3 is 0 Å². The maximum atomic E-state index is 4.93. The van der Waals surface area contributed by atoms with Gasteiger partial charge in [-0.1, -0.05) is 39.8 Å². The molecule has 0 amide bonds. The van der Waals surface area contributed by atoms with Crippen molar-refractivity contribution in [3.8, 4) is 0 Å². The normalized spacial score (nSPS) is 9.62. The predicted molar refractivity (Wildman–Crippen MR) is 42.4 cm³/mol. The molecule has 0 N–H and O–H groups in total. The van der Waals surface area contributed by atoms with Crippen molar-refractivity contribution < 1.29 is 0 Å². The van der Waals surface area contributed by atoms with E-state index >= 15 is 0 Å². The molecule has 0 saturated carbocycles. The van der Waals surface area contributed by atoms with Crippen LogP contribution in [-0.2, 0) is 6.42 Å². The Morgan fingerprint density at radius 1 is 1.62 bits per heavy atom. The summed E-state index contributed by atoms with van der Waals surface area (Å²) in [6, 6.07) is 2.07. The maximum Gasteiger partial charge on any atom is 0.102 e. The zero-order valence-electron chi connectivity index (χ0n) is 4.51. The standard InChI is InChI=1S/C5H6S3/c1-2-4-3-5(6)8-7-4/h3H,2H2,1H3. The molecule has 1 heterocycles. The van der Waals surface area contributed by atoms with E-state index in [1.165, 1.54) is 4.88 Å². The van der Waals surface area contributed by atoms with Crippen molar-refractivity contribution in [3.05, 3.63) is 14.8 Å². The maximum absolute atomic E-state index is 4.93. The van der Waals surface area contributed by atoms with Gasteiger partial charge in [-0.2, -0.15) is 0 Å². The van der Waals surface area contributed by atoms with Crippen LogP contribution in [0.2, 0.25) is 0 Å². The van der Waals surface area contributed by atoms with E-state index < -0.39 is 0 Å². The molecule has 0 radical (unpaired) electrons. The average Bonchev–Trinajstić information content (AvgIpc) is 2.14. The number of rotatable bonds is 1. The van der Waals surface area contributed by atoms with Crippen LogP contribution in [0.25, 0.3) is 0 Å². The van der Waals surface area contributed by atoms with Gasteiger partial charge in [-0.05, 0) is 12.5 Å². The zero-order valence-corrected chi connectivity index (χ0v) is 6.96. The first-order valence-electron chi connectivity index (χ1n) is 2.42. The van der Waals surface area contributed by atoms with E-state index in [4.69, 9.17) is 12.2 Å². The van der Waals surface area contributed by atoms with Gasteiger partial charge in [-0.3, -0.25) is 0 Å². The van der Waals surface area contributed by atoms with Gasteiger partial charge in [0.25, 0.3) is 0 Å². The monoisotopic (exact) mass is 162 g/mol. The lowest BCUT2D eigenvalue weighted by Gasteiger charge is -1.77. The molecule has 0 fully saturated rings. The third-order valence-corrected chi connectivity index (χ3v) is 3.96. The van der Waals surface area contributed by atoms with E-state index in [-0.39, 0.29) is 0 Å². The van der Waals surface area contributed by atoms with Crippen LogP contribution in [0.5, 0.6) is 0 Å². The van der Waals surface area contributed by atoms with Crippen molar-refractivity contribution in [2.45, 2.75) is 13.3 Å². The summed E-state index contributed by atoms with van der Waals surface area (Å²) in [5.41, 5.74) is 0. The minimum atomic E-state index is 1.02. The van der Waals surface area contributed by atoms with E-state index in [2.05, 4.69) is 13.0 Å². The Kier molecular flexibility index (Phi) is 2.16. The molecule has 0 aliphatic heterocycles. The van der Waals surface area contributed by atoms with E-state index in [1.54, 1.807) is 20.7 Å². The summed E-state index contributed by atoms with van der Waals surface area (Å²) >= 11 is 4.93. The van der Waals surface area contributed by atoms with Crippen molar-refractivity contribution in [3.63, 3.8) is 0 Å². The third kappa shape index (κ3) is 1.37. The Morgan fingerprint density at radius 2 is 2.38 bits per heavy atom. The lowest BCUT2D eigenvalue weighted by atomic mass is 10.4. The molecule has 0 aromatic carbocycles. The second-order valence-corrected chi connectivity index (χ2v) is 4.45. The molecule has 1 rings (SSSR count). The first-order valence-corrected chi connectivity index (χ1v) is 4.98. The predicted octanol–water partition coefficient (Wildman–Crippen LogP) is 3.10. The summed E-state index contributed by atoms with van der Waals surface area (Å²) in [4.78, 5) is 1.40. The molecule has 1 aromatic heterocycles.